The zero-order chi connectivity index (χ0) is 23.0. The lowest BCUT2D eigenvalue weighted by atomic mass is 9.97. The second-order valence-electron chi connectivity index (χ2n) is 8.96. The van der Waals surface area contributed by atoms with Crippen LogP contribution in [0, 0.1) is 5.82 Å². The van der Waals surface area contributed by atoms with Gasteiger partial charge in [-0.2, -0.15) is 8.78 Å². The number of aromatic nitrogens is 2. The molecule has 1 aliphatic heterocycles. The molecule has 1 fully saturated rings. The number of rotatable bonds is 4. The van der Waals surface area contributed by atoms with E-state index in [1.165, 1.54) is 6.07 Å². The van der Waals surface area contributed by atoms with Crippen molar-refractivity contribution in [3.8, 4) is 11.3 Å². The molecule has 1 aromatic carbocycles. The normalized spacial score (nSPS) is 26.1. The van der Waals surface area contributed by atoms with Crippen molar-refractivity contribution < 1.29 is 26.7 Å². The number of aliphatic hydroxyl groups is 1. The minimum Gasteiger partial charge on any atom is -0.389 e. The number of fused-ring (bicyclic) bond motifs is 2. The van der Waals surface area contributed by atoms with Crippen LogP contribution in [0.2, 0.25) is 0 Å². The summed E-state index contributed by atoms with van der Waals surface area (Å²) in [4.78, 5) is 10.3. The molecule has 0 saturated carbocycles. The highest BCUT2D eigenvalue weighted by Gasteiger charge is 2.45. The fraction of sp³-hybridized carbons (Fsp3) is 0.524. The third kappa shape index (κ3) is 3.46. The summed E-state index contributed by atoms with van der Waals surface area (Å²) in [5.41, 5.74) is 1.53. The van der Waals surface area contributed by atoms with E-state index in [0.717, 1.165) is 0 Å². The lowest BCUT2D eigenvalue weighted by molar-refractivity contribution is -0.00603. The van der Waals surface area contributed by atoms with Gasteiger partial charge in [-0.3, -0.25) is 0 Å². The van der Waals surface area contributed by atoms with Crippen LogP contribution in [0.15, 0.2) is 12.1 Å². The van der Waals surface area contributed by atoms with Crippen molar-refractivity contribution in [3.05, 3.63) is 40.3 Å². The Labute approximate surface area is 183 Å². The Morgan fingerprint density at radius 2 is 2.03 bits per heavy atom. The maximum Gasteiger partial charge on any atom is 0.290 e. The predicted molar refractivity (Wildman–Crippen MR) is 111 cm³/mol. The number of halogens is 3. The van der Waals surface area contributed by atoms with Crippen LogP contribution in [0.3, 0.4) is 0 Å². The summed E-state index contributed by atoms with van der Waals surface area (Å²) in [5.74, 6) is -4.48. The Morgan fingerprint density at radius 1 is 1.28 bits per heavy atom. The van der Waals surface area contributed by atoms with Crippen LogP contribution < -0.4 is 10.0 Å². The van der Waals surface area contributed by atoms with Crippen LogP contribution in [0.4, 0.5) is 19.1 Å². The average molecular weight is 469 g/mol. The summed E-state index contributed by atoms with van der Waals surface area (Å²) < 4.78 is 67.3. The molecule has 5 rings (SSSR count). The number of β-amino-alcohol motifs (C(OH)–C–C–N with tert-alkyl or cyclic N) is 1. The van der Waals surface area contributed by atoms with E-state index in [-0.39, 0.29) is 42.1 Å². The molecule has 172 valence electrons. The zero-order valence-electron chi connectivity index (χ0n) is 17.4. The lowest BCUT2D eigenvalue weighted by Gasteiger charge is -2.43. The van der Waals surface area contributed by atoms with Crippen molar-refractivity contribution in [1.29, 1.82) is 0 Å². The molecule has 7 nitrogen and oxygen atoms in total. The molecule has 3 atom stereocenters. The number of nitrogens with two attached hydrogens (primary N) is 1. The fourth-order valence-corrected chi connectivity index (χ4v) is 5.92. The number of hydrogen-bond acceptors (Lipinski definition) is 6. The Balaban J connectivity index is 1.61. The van der Waals surface area contributed by atoms with E-state index in [2.05, 4.69) is 9.97 Å². The Morgan fingerprint density at radius 3 is 2.69 bits per heavy atom. The number of benzene rings is 1. The second kappa shape index (κ2) is 7.13. The summed E-state index contributed by atoms with van der Waals surface area (Å²) in [6.45, 7) is 1.99. The third-order valence-corrected chi connectivity index (χ3v) is 7.68. The van der Waals surface area contributed by atoms with Crippen LogP contribution >= 0.6 is 0 Å². The highest BCUT2D eigenvalue weighted by Crippen LogP contribution is 2.46. The first-order chi connectivity index (χ1) is 14.9. The number of nitrogens with zero attached hydrogens (tertiary/aromatic N) is 3. The molecule has 0 unspecified atom stereocenters. The minimum absolute atomic E-state index is 0.0723. The molecule has 0 radical (unpaired) electrons. The fourth-order valence-electron chi connectivity index (χ4n) is 5.03. The van der Waals surface area contributed by atoms with Crippen molar-refractivity contribution in [2.45, 2.75) is 56.6 Å². The van der Waals surface area contributed by atoms with Gasteiger partial charge in [-0.05, 0) is 49.4 Å². The van der Waals surface area contributed by atoms with Gasteiger partial charge >= 0.3 is 0 Å². The van der Waals surface area contributed by atoms with Crippen molar-refractivity contribution in [1.82, 2.24) is 9.97 Å². The van der Waals surface area contributed by atoms with Crippen molar-refractivity contribution in [2.24, 2.45) is 5.14 Å². The van der Waals surface area contributed by atoms with E-state index in [1.807, 2.05) is 0 Å². The van der Waals surface area contributed by atoms with Crippen molar-refractivity contribution in [3.63, 3.8) is 0 Å². The molecular weight excluding hydrogens is 445 g/mol. The topological polar surface area (TPSA) is 109 Å². The van der Waals surface area contributed by atoms with Crippen LogP contribution in [0.1, 0.15) is 48.1 Å². The molecule has 3 aliphatic rings. The molecule has 1 aromatic heterocycles. The average Bonchev–Trinajstić information content (AvgIpc) is 3.24. The number of alkyl halides is 2. The van der Waals surface area contributed by atoms with Gasteiger partial charge in [0.1, 0.15) is 11.5 Å². The first-order valence-electron chi connectivity index (χ1n) is 10.5. The summed E-state index contributed by atoms with van der Waals surface area (Å²) in [5, 5.41) is 15.0. The molecule has 2 heterocycles. The van der Waals surface area contributed by atoms with Gasteiger partial charge < -0.3 is 10.0 Å². The quantitative estimate of drug-likeness (QED) is 0.712. The van der Waals surface area contributed by atoms with Crippen molar-refractivity contribution >= 4 is 16.0 Å². The molecule has 2 aliphatic carbocycles. The predicted octanol–water partition coefficient (Wildman–Crippen LogP) is 2.21. The number of aryl methyl sites for hydroxylation is 1. The lowest BCUT2D eigenvalue weighted by Crippen LogP contribution is -2.59. The largest absolute Gasteiger partial charge is 0.389 e. The number of sulfonamides is 1. The maximum atomic E-state index is 15.1. The monoisotopic (exact) mass is 468 g/mol. The van der Waals surface area contributed by atoms with E-state index in [1.54, 1.807) is 17.9 Å². The first kappa shape index (κ1) is 21.6. The van der Waals surface area contributed by atoms with Crippen LogP contribution in [-0.4, -0.2) is 47.9 Å². The number of hydrogen-bond donors (Lipinski definition) is 2. The standard InChI is InChI=1S/C21H23F3N4O3S/c1-10-16(29)8-28(10)20-26-18(14-4-5-21(23,24)19(14)27-20)13-6-11-2-3-12(9-32(25,30)31)17(11)15(22)7-13/h6-7,10,12,16,29H,2-5,8-9H2,1H3,(H2,25,30,31)/t10-,12+,16+/m0/s1. The number of anilines is 1. The molecule has 0 amide bonds. The highest BCUT2D eigenvalue weighted by atomic mass is 32.2. The Kier molecular flexibility index (Phi) is 4.81. The first-order valence-corrected chi connectivity index (χ1v) is 12.2. The molecule has 3 N–H and O–H groups in total. The Hall–Kier alpha value is -2.24. The van der Waals surface area contributed by atoms with Gasteiger partial charge in [0.2, 0.25) is 16.0 Å². The van der Waals surface area contributed by atoms with E-state index in [4.69, 9.17) is 5.14 Å². The van der Waals surface area contributed by atoms with E-state index < -0.39 is 40.2 Å². The Bertz CT molecular complexity index is 1220. The molecule has 0 spiro atoms. The van der Waals surface area contributed by atoms with Gasteiger partial charge in [-0.15, -0.1) is 0 Å². The van der Waals surface area contributed by atoms with E-state index in [0.29, 0.717) is 35.1 Å². The van der Waals surface area contributed by atoms with Gasteiger partial charge in [0, 0.05) is 30.0 Å². The van der Waals surface area contributed by atoms with Gasteiger partial charge in [-0.25, -0.2) is 27.9 Å². The van der Waals surface area contributed by atoms with Crippen molar-refractivity contribution in [2.75, 3.05) is 17.2 Å². The second-order valence-corrected chi connectivity index (χ2v) is 10.6. The van der Waals surface area contributed by atoms with Crippen LogP contribution in [0.5, 0.6) is 0 Å². The summed E-state index contributed by atoms with van der Waals surface area (Å²) >= 11 is 0. The maximum absolute atomic E-state index is 15.1. The molecular formula is C21H23F3N4O3S. The number of primary sulfonamides is 1. The van der Waals surface area contributed by atoms with Crippen LogP contribution in [0.25, 0.3) is 11.3 Å². The summed E-state index contributed by atoms with van der Waals surface area (Å²) in [6.07, 6.45) is -0.00540. The third-order valence-electron chi connectivity index (χ3n) is 6.81. The molecule has 11 heteroatoms. The molecule has 0 bridgehead atoms. The van der Waals surface area contributed by atoms with Gasteiger partial charge in [0.25, 0.3) is 5.92 Å². The van der Waals surface area contributed by atoms with E-state index >= 15 is 4.39 Å². The molecule has 1 saturated heterocycles. The van der Waals surface area contributed by atoms with E-state index in [9.17, 15) is 22.3 Å². The van der Waals surface area contributed by atoms with Gasteiger partial charge in [-0.1, -0.05) is 0 Å². The van der Waals surface area contributed by atoms with Gasteiger partial charge in [0.05, 0.1) is 23.6 Å². The minimum atomic E-state index is -3.77. The summed E-state index contributed by atoms with van der Waals surface area (Å²) in [7, 11) is -3.77. The van der Waals surface area contributed by atoms with Gasteiger partial charge in [0.15, 0.2) is 0 Å². The number of aliphatic hydroxyl groups excluding tert-OH is 1. The SMILES string of the molecule is C[C@H]1[C@H](O)CN1c1nc(-c2cc(F)c3c(c2)CC[C@@H]3CS(N)(=O)=O)c2c(n1)C(F)(F)CC2. The van der Waals surface area contributed by atoms with Crippen LogP contribution in [-0.2, 0) is 28.8 Å². The summed E-state index contributed by atoms with van der Waals surface area (Å²) in [6, 6.07) is 2.63. The molecule has 32 heavy (non-hydrogen) atoms. The molecule has 2 aromatic rings. The zero-order valence-corrected chi connectivity index (χ0v) is 18.2. The highest BCUT2D eigenvalue weighted by molar-refractivity contribution is 7.89. The smallest absolute Gasteiger partial charge is 0.290 e.